The summed E-state index contributed by atoms with van der Waals surface area (Å²) in [6.07, 6.45) is 0.843. The highest BCUT2D eigenvalue weighted by atomic mass is 32.2. The van der Waals surface area contributed by atoms with E-state index in [9.17, 15) is 39.3 Å². The third-order valence-electron chi connectivity index (χ3n) is 12.4. The van der Waals surface area contributed by atoms with Crippen LogP contribution in [0.5, 0.6) is 17.2 Å². The van der Waals surface area contributed by atoms with Gasteiger partial charge in [0.1, 0.15) is 66.0 Å². The number of nitrogens with one attached hydrogen (secondary N) is 2. The number of aliphatic imine (C=N–C) groups is 3. The van der Waals surface area contributed by atoms with Crippen LogP contribution in [-0.4, -0.2) is 128 Å². The minimum absolute atomic E-state index is 0.100. The number of phenolic OH excluding ortho intramolecular Hbond substituents is 3. The van der Waals surface area contributed by atoms with Gasteiger partial charge in [-0.1, -0.05) is 25.1 Å². The minimum atomic E-state index is -1.17. The molecule has 0 saturated carbocycles. The summed E-state index contributed by atoms with van der Waals surface area (Å²) < 4.78 is 3.23. The standard InChI is InChI=1S/C22H20N4O6S2.C16H12N2O2S2.C16H14N2OS2/c27-12-2-4-14-11(7-12)1-5-15-19(14)34-22(25-15)21-26-16(10-33-21)20(32)24-8-13(28)3-6-17(29)23-9-18(30)31;1-8(19)13-7-21-15(18-13)16-17-12-5-2-9-6-10(20)3-4-11(9)14(12)22-16;1-2-10-8-20-15(17-10)16-18-13-6-3-9-7-11(19)4-5-12(9)14(13)21-16/h1-2,4-5,7,16,27H,3,6,8-10H2,(H,23,29)(H,24,32)(H,30,31);2-6,13,20H,7H2,1H3;3-7,10,19H,2,8H2,1H3. The molecule has 3 atom stereocenters. The first-order valence-corrected chi connectivity index (χ1v) is 29.5. The predicted octanol–water partition coefficient (Wildman–Crippen LogP) is 9.72. The summed E-state index contributed by atoms with van der Waals surface area (Å²) >= 11 is 9.58. The van der Waals surface area contributed by atoms with E-state index in [2.05, 4.69) is 37.5 Å². The van der Waals surface area contributed by atoms with E-state index in [1.54, 1.807) is 77.8 Å². The van der Waals surface area contributed by atoms with Gasteiger partial charge in [-0.05, 0) is 102 Å². The summed E-state index contributed by atoms with van der Waals surface area (Å²) in [5.74, 6) is 0.634. The molecule has 392 valence electrons. The summed E-state index contributed by atoms with van der Waals surface area (Å²) in [5.41, 5.74) is 2.75. The molecular weight excluding hydrogens is 1100 g/mol. The molecule has 9 aromatic rings. The molecule has 0 saturated heterocycles. The van der Waals surface area contributed by atoms with Crippen molar-refractivity contribution in [3.8, 4) is 17.2 Å². The molecule has 0 aliphatic carbocycles. The number of amides is 2. The zero-order valence-electron chi connectivity index (χ0n) is 41.0. The van der Waals surface area contributed by atoms with Crippen molar-refractivity contribution in [2.45, 2.75) is 51.2 Å². The number of Topliss-reactive ketones (excluding diaryl/α,β-unsaturated/α-hetero) is 2. The summed E-state index contributed by atoms with van der Waals surface area (Å²) in [7, 11) is 0. The van der Waals surface area contributed by atoms with Crippen molar-refractivity contribution in [2.75, 3.05) is 30.3 Å². The Morgan fingerprint density at radius 1 is 0.545 bits per heavy atom. The number of thioether (sulfide) groups is 3. The van der Waals surface area contributed by atoms with Crippen molar-refractivity contribution < 1.29 is 44.4 Å². The lowest BCUT2D eigenvalue weighted by Gasteiger charge is -2.07. The average molecular weight is 1140 g/mol. The van der Waals surface area contributed by atoms with Gasteiger partial charge in [0, 0.05) is 46.3 Å². The maximum absolute atomic E-state index is 12.5. The van der Waals surface area contributed by atoms with Crippen molar-refractivity contribution >= 4 is 177 Å². The Bertz CT molecular complexity index is 3950. The third-order valence-corrected chi connectivity index (χ3v) is 19.3. The second kappa shape index (κ2) is 23.3. The molecule has 2 amide bonds. The van der Waals surface area contributed by atoms with E-state index in [0.717, 1.165) is 90.5 Å². The third kappa shape index (κ3) is 12.2. The first-order chi connectivity index (χ1) is 37.2. The lowest BCUT2D eigenvalue weighted by atomic mass is 10.1. The summed E-state index contributed by atoms with van der Waals surface area (Å²) in [6, 6.07) is 27.3. The molecule has 6 aromatic carbocycles. The molecule has 0 fully saturated rings. The number of aliphatic carboxylic acids is 1. The van der Waals surface area contributed by atoms with Gasteiger partial charge >= 0.3 is 5.97 Å². The SMILES string of the molecule is CC(=O)C1CSC(c2nc3ccc4cc(O)ccc4c3s2)=N1.CCC1CSC(c2nc3ccc4cc(O)ccc4c3s2)=N1.O=C(O)CNC(=O)CCC(=O)CNC(=O)C1CSC(c2nc3ccc4cc(O)ccc4c3s2)=N1. The first-order valence-electron chi connectivity index (χ1n) is 24.1. The molecule has 77 heavy (non-hydrogen) atoms. The Morgan fingerprint density at radius 3 is 1.42 bits per heavy atom. The molecule has 3 aliphatic heterocycles. The van der Waals surface area contributed by atoms with Crippen molar-refractivity contribution in [3.05, 3.63) is 106 Å². The molecule has 0 bridgehead atoms. The molecule has 3 aliphatic rings. The summed E-state index contributed by atoms with van der Waals surface area (Å²) in [5, 5.41) is 53.5. The number of aromatic nitrogens is 3. The number of rotatable bonds is 13. The van der Waals surface area contributed by atoms with Gasteiger partial charge in [0.2, 0.25) is 11.8 Å². The first kappa shape index (κ1) is 53.4. The Kier molecular flexibility index (Phi) is 16.1. The number of ketones is 2. The van der Waals surface area contributed by atoms with Crippen LogP contribution in [-0.2, 0) is 24.0 Å². The number of fused-ring (bicyclic) bond motifs is 9. The topological polar surface area (TPSA) is 266 Å². The van der Waals surface area contributed by atoms with Gasteiger partial charge in [-0.25, -0.2) is 15.0 Å². The number of aromatic hydroxyl groups is 3. The van der Waals surface area contributed by atoms with Crippen molar-refractivity contribution in [3.63, 3.8) is 0 Å². The number of carboxylic acids is 1. The van der Waals surface area contributed by atoms with E-state index in [4.69, 9.17) is 15.1 Å². The monoisotopic (exact) mass is 1140 g/mol. The molecule has 6 heterocycles. The van der Waals surface area contributed by atoms with Crippen LogP contribution in [0.25, 0.3) is 63.0 Å². The lowest BCUT2D eigenvalue weighted by molar-refractivity contribution is -0.138. The van der Waals surface area contributed by atoms with Crippen LogP contribution in [0, 0.1) is 0 Å². The van der Waals surface area contributed by atoms with Crippen LogP contribution in [0.2, 0.25) is 0 Å². The van der Waals surface area contributed by atoms with Crippen LogP contribution in [0.3, 0.4) is 0 Å². The molecule has 0 radical (unpaired) electrons. The second-order valence-corrected chi connectivity index (χ2v) is 23.9. The fourth-order valence-electron chi connectivity index (χ4n) is 8.35. The zero-order valence-corrected chi connectivity index (χ0v) is 45.9. The molecule has 23 heteroatoms. The fraction of sp³-hybridized carbons (Fsp3) is 0.241. The second-order valence-electron chi connectivity index (χ2n) is 17.9. The zero-order chi connectivity index (χ0) is 53.9. The highest BCUT2D eigenvalue weighted by molar-refractivity contribution is 8.15. The molecular formula is C54H46N8O9S6. The molecule has 17 nitrogen and oxygen atoms in total. The number of hydrogen-bond donors (Lipinski definition) is 6. The van der Waals surface area contributed by atoms with Gasteiger partial charge in [0.15, 0.2) is 11.6 Å². The van der Waals surface area contributed by atoms with Crippen molar-refractivity contribution in [1.29, 1.82) is 0 Å². The maximum Gasteiger partial charge on any atom is 0.322 e. The van der Waals surface area contributed by atoms with Crippen LogP contribution < -0.4 is 10.6 Å². The number of benzene rings is 6. The summed E-state index contributed by atoms with van der Waals surface area (Å²) in [6.45, 7) is 3.03. The highest BCUT2D eigenvalue weighted by Crippen LogP contribution is 2.38. The van der Waals surface area contributed by atoms with Gasteiger partial charge < -0.3 is 31.1 Å². The van der Waals surface area contributed by atoms with E-state index >= 15 is 0 Å². The largest absolute Gasteiger partial charge is 0.508 e. The van der Waals surface area contributed by atoms with Gasteiger partial charge in [0.05, 0.1) is 43.2 Å². The molecule has 6 N–H and O–H groups in total. The number of phenols is 3. The van der Waals surface area contributed by atoms with E-state index in [1.807, 2.05) is 66.4 Å². The van der Waals surface area contributed by atoms with Crippen LogP contribution in [0.4, 0.5) is 0 Å². The van der Waals surface area contributed by atoms with Gasteiger partial charge in [-0.3, -0.25) is 38.9 Å². The lowest BCUT2D eigenvalue weighted by Crippen LogP contribution is -2.37. The van der Waals surface area contributed by atoms with E-state index in [1.165, 1.54) is 27.8 Å². The van der Waals surface area contributed by atoms with E-state index in [0.29, 0.717) is 33.3 Å². The Balaban J connectivity index is 0.000000136. The molecule has 0 spiro atoms. The van der Waals surface area contributed by atoms with Crippen molar-refractivity contribution in [2.24, 2.45) is 15.0 Å². The van der Waals surface area contributed by atoms with Gasteiger partial charge in [0.25, 0.3) is 0 Å². The van der Waals surface area contributed by atoms with Crippen molar-refractivity contribution in [1.82, 2.24) is 25.6 Å². The van der Waals surface area contributed by atoms with Gasteiger partial charge in [-0.15, -0.1) is 69.3 Å². The van der Waals surface area contributed by atoms with Gasteiger partial charge in [-0.2, -0.15) is 0 Å². The Labute approximate surface area is 463 Å². The highest BCUT2D eigenvalue weighted by Gasteiger charge is 2.29. The quantitative estimate of drug-likeness (QED) is 0.0627. The van der Waals surface area contributed by atoms with E-state index in [-0.39, 0.29) is 54.4 Å². The predicted molar refractivity (Wildman–Crippen MR) is 314 cm³/mol. The van der Waals surface area contributed by atoms with E-state index < -0.39 is 24.5 Å². The number of hydrogen-bond acceptors (Lipinski definition) is 20. The summed E-state index contributed by atoms with van der Waals surface area (Å²) in [4.78, 5) is 85.5. The Morgan fingerprint density at radius 2 is 0.987 bits per heavy atom. The molecule has 3 aromatic heterocycles. The molecule has 3 unspecified atom stereocenters. The average Bonchev–Trinajstić information content (AvgIpc) is 4.29. The number of thiazole rings is 3. The smallest absolute Gasteiger partial charge is 0.322 e. The number of carbonyl (C=O) groups is 5. The van der Waals surface area contributed by atoms with Crippen LogP contribution in [0.15, 0.2) is 106 Å². The maximum atomic E-state index is 12.5. The number of carbonyl (C=O) groups excluding carboxylic acids is 4. The number of nitrogens with zero attached hydrogens (tertiary/aromatic N) is 6. The minimum Gasteiger partial charge on any atom is -0.508 e. The van der Waals surface area contributed by atoms with Crippen LogP contribution in [0.1, 0.15) is 48.1 Å². The molecule has 12 rings (SSSR count). The fourth-order valence-corrected chi connectivity index (χ4v) is 15.2. The Hall–Kier alpha value is -7.02. The number of carboxylic acid groups (broad SMARTS) is 1. The normalized spacial score (nSPS) is 17.0. The van der Waals surface area contributed by atoms with Crippen LogP contribution >= 0.6 is 69.3 Å².